The van der Waals surface area contributed by atoms with E-state index >= 15 is 0 Å². The largest absolute Gasteiger partial charge is 0.311 e. The molecule has 0 bridgehead atoms. The van der Waals surface area contributed by atoms with E-state index in [4.69, 9.17) is 11.6 Å². The summed E-state index contributed by atoms with van der Waals surface area (Å²) in [6.45, 7) is 3.87. The van der Waals surface area contributed by atoms with Crippen molar-refractivity contribution in [1.82, 2.24) is 9.80 Å². The van der Waals surface area contributed by atoms with Crippen molar-refractivity contribution in [3.63, 3.8) is 0 Å². The SMILES string of the molecule is C=CCN1C(=O)CC2(C1=O)C(=O)N(CCCN1C(=O)c3ccccc3C1=O)c1ccc(Cl)cc12. The topological polar surface area (TPSA) is 95.1 Å². The molecule has 0 N–H and O–H groups in total. The molecular formula is C25H20ClN3O5. The smallest absolute Gasteiger partial charge is 0.261 e. The molecule has 3 heterocycles. The predicted octanol–water partition coefficient (Wildman–Crippen LogP) is 2.56. The third kappa shape index (κ3) is 2.95. The minimum Gasteiger partial charge on any atom is -0.311 e. The Bertz CT molecular complexity index is 1270. The van der Waals surface area contributed by atoms with Crippen LogP contribution in [0.4, 0.5) is 5.69 Å². The van der Waals surface area contributed by atoms with E-state index in [1.54, 1.807) is 42.5 Å². The molecule has 0 saturated carbocycles. The number of amides is 5. The number of likely N-dealkylation sites (tertiary alicyclic amines) is 1. The number of hydrogen-bond donors (Lipinski definition) is 0. The fraction of sp³-hybridized carbons (Fsp3) is 0.240. The second-order valence-electron chi connectivity index (χ2n) is 8.46. The number of nitrogens with zero attached hydrogens (tertiary/aromatic N) is 3. The van der Waals surface area contributed by atoms with Gasteiger partial charge in [0.15, 0.2) is 5.41 Å². The second-order valence-corrected chi connectivity index (χ2v) is 8.90. The Morgan fingerprint density at radius 3 is 2.15 bits per heavy atom. The van der Waals surface area contributed by atoms with Crippen molar-refractivity contribution >= 4 is 46.8 Å². The van der Waals surface area contributed by atoms with Crippen molar-refractivity contribution in [2.24, 2.45) is 0 Å². The Morgan fingerprint density at radius 1 is 0.882 bits per heavy atom. The molecule has 1 spiro atoms. The van der Waals surface area contributed by atoms with E-state index in [2.05, 4.69) is 6.58 Å². The summed E-state index contributed by atoms with van der Waals surface area (Å²) in [5, 5.41) is 0.348. The van der Waals surface area contributed by atoms with Gasteiger partial charge in [0.05, 0.1) is 17.5 Å². The zero-order chi connectivity index (χ0) is 24.2. The third-order valence-electron chi connectivity index (χ3n) is 6.60. The zero-order valence-electron chi connectivity index (χ0n) is 18.1. The van der Waals surface area contributed by atoms with Crippen LogP contribution in [0.1, 0.15) is 39.1 Å². The van der Waals surface area contributed by atoms with Crippen LogP contribution < -0.4 is 4.90 Å². The van der Waals surface area contributed by atoms with Crippen molar-refractivity contribution < 1.29 is 24.0 Å². The standard InChI is InChI=1S/C25H20ClN3O5/c1-2-10-28-20(30)14-25(24(28)34)18-13-15(26)8-9-19(18)27(23(25)33)11-5-12-29-21(31)16-6-3-4-7-17(16)22(29)32/h2-4,6-9,13H,1,5,10-12,14H2. The summed E-state index contributed by atoms with van der Waals surface area (Å²) in [7, 11) is 0. The third-order valence-corrected chi connectivity index (χ3v) is 6.84. The molecule has 0 aliphatic carbocycles. The Balaban J connectivity index is 1.40. The monoisotopic (exact) mass is 477 g/mol. The molecular weight excluding hydrogens is 458 g/mol. The summed E-state index contributed by atoms with van der Waals surface area (Å²) in [6.07, 6.45) is 1.46. The van der Waals surface area contributed by atoms with Gasteiger partial charge in [0, 0.05) is 35.9 Å². The van der Waals surface area contributed by atoms with Crippen molar-refractivity contribution in [3.05, 3.63) is 76.8 Å². The van der Waals surface area contributed by atoms with Gasteiger partial charge in [-0.3, -0.25) is 33.8 Å². The first kappa shape index (κ1) is 22.0. The van der Waals surface area contributed by atoms with Gasteiger partial charge in [0.25, 0.3) is 11.8 Å². The van der Waals surface area contributed by atoms with E-state index in [1.165, 1.54) is 15.9 Å². The Morgan fingerprint density at radius 2 is 1.50 bits per heavy atom. The van der Waals surface area contributed by atoms with E-state index in [9.17, 15) is 24.0 Å². The molecule has 9 heteroatoms. The Kier molecular flexibility index (Phi) is 5.13. The Hall–Kier alpha value is -3.78. The molecule has 1 unspecified atom stereocenters. The summed E-state index contributed by atoms with van der Waals surface area (Å²) in [5.74, 6) is -2.27. The van der Waals surface area contributed by atoms with Crippen molar-refractivity contribution in [3.8, 4) is 0 Å². The van der Waals surface area contributed by atoms with Gasteiger partial charge in [0.1, 0.15) is 0 Å². The van der Waals surface area contributed by atoms with E-state index in [0.717, 1.165) is 4.90 Å². The summed E-state index contributed by atoms with van der Waals surface area (Å²) >= 11 is 6.19. The van der Waals surface area contributed by atoms with Crippen LogP contribution in [-0.4, -0.2) is 59.0 Å². The number of imide groups is 2. The van der Waals surface area contributed by atoms with Crippen molar-refractivity contribution in [1.29, 1.82) is 0 Å². The van der Waals surface area contributed by atoms with E-state index in [-0.39, 0.29) is 37.9 Å². The molecule has 1 saturated heterocycles. The summed E-state index contributed by atoms with van der Waals surface area (Å²) in [5.41, 5.74) is -0.0355. The lowest BCUT2D eigenvalue weighted by atomic mass is 9.80. The van der Waals surface area contributed by atoms with Gasteiger partial charge in [-0.1, -0.05) is 29.8 Å². The molecule has 5 amide bonds. The highest BCUT2D eigenvalue weighted by Gasteiger charge is 2.63. The van der Waals surface area contributed by atoms with Crippen LogP contribution in [0.25, 0.3) is 0 Å². The lowest BCUT2D eigenvalue weighted by Crippen LogP contribution is -2.47. The predicted molar refractivity (Wildman–Crippen MR) is 123 cm³/mol. The van der Waals surface area contributed by atoms with Gasteiger partial charge >= 0.3 is 0 Å². The number of halogens is 1. The number of rotatable bonds is 6. The maximum Gasteiger partial charge on any atom is 0.261 e. The van der Waals surface area contributed by atoms with Gasteiger partial charge < -0.3 is 4.90 Å². The average molecular weight is 478 g/mol. The number of carbonyl (C=O) groups excluding carboxylic acids is 5. The van der Waals surface area contributed by atoms with Crippen LogP contribution in [0.2, 0.25) is 5.02 Å². The van der Waals surface area contributed by atoms with Crippen molar-refractivity contribution in [2.45, 2.75) is 18.3 Å². The molecule has 1 fully saturated rings. The first-order valence-corrected chi connectivity index (χ1v) is 11.2. The molecule has 2 aromatic rings. The van der Waals surface area contributed by atoms with Crippen LogP contribution in [0.3, 0.4) is 0 Å². The second kappa shape index (κ2) is 7.92. The lowest BCUT2D eigenvalue weighted by Gasteiger charge is -2.23. The molecule has 34 heavy (non-hydrogen) atoms. The molecule has 2 aromatic carbocycles. The number of benzene rings is 2. The summed E-state index contributed by atoms with van der Waals surface area (Å²) < 4.78 is 0. The zero-order valence-corrected chi connectivity index (χ0v) is 18.9. The molecule has 5 rings (SSSR count). The molecule has 3 aliphatic rings. The highest BCUT2D eigenvalue weighted by atomic mass is 35.5. The molecule has 0 aromatic heterocycles. The molecule has 8 nitrogen and oxygen atoms in total. The molecule has 3 aliphatic heterocycles. The Labute approximate surface area is 200 Å². The summed E-state index contributed by atoms with van der Waals surface area (Å²) in [4.78, 5) is 68.5. The maximum absolute atomic E-state index is 13.6. The first-order valence-electron chi connectivity index (χ1n) is 10.8. The fourth-order valence-corrected chi connectivity index (χ4v) is 5.20. The number of carbonyl (C=O) groups is 5. The van der Waals surface area contributed by atoms with Gasteiger partial charge in [-0.05, 0) is 36.8 Å². The van der Waals surface area contributed by atoms with E-state index < -0.39 is 23.1 Å². The van der Waals surface area contributed by atoms with Crippen LogP contribution in [0.5, 0.6) is 0 Å². The normalized spacial score (nSPS) is 21.2. The number of hydrogen-bond acceptors (Lipinski definition) is 5. The minimum atomic E-state index is -1.66. The quantitative estimate of drug-likeness (QED) is 0.362. The number of fused-ring (bicyclic) bond motifs is 3. The number of anilines is 1. The van der Waals surface area contributed by atoms with Crippen LogP contribution in [0.15, 0.2) is 55.1 Å². The maximum atomic E-state index is 13.6. The summed E-state index contributed by atoms with van der Waals surface area (Å²) in [6, 6.07) is 11.5. The van der Waals surface area contributed by atoms with Crippen LogP contribution >= 0.6 is 11.6 Å². The fourth-order valence-electron chi connectivity index (χ4n) is 5.02. The van der Waals surface area contributed by atoms with E-state index in [1.807, 2.05) is 0 Å². The van der Waals surface area contributed by atoms with Gasteiger partial charge in [-0.25, -0.2) is 0 Å². The first-order chi connectivity index (χ1) is 16.3. The van der Waals surface area contributed by atoms with Gasteiger partial charge in [-0.15, -0.1) is 6.58 Å². The van der Waals surface area contributed by atoms with Crippen LogP contribution in [0, 0.1) is 0 Å². The van der Waals surface area contributed by atoms with E-state index in [0.29, 0.717) is 33.8 Å². The highest BCUT2D eigenvalue weighted by molar-refractivity contribution is 6.32. The lowest BCUT2D eigenvalue weighted by molar-refractivity contribution is -0.140. The molecule has 0 radical (unpaired) electrons. The van der Waals surface area contributed by atoms with Crippen LogP contribution in [-0.2, 0) is 19.8 Å². The van der Waals surface area contributed by atoms with Crippen molar-refractivity contribution in [2.75, 3.05) is 24.5 Å². The highest BCUT2D eigenvalue weighted by Crippen LogP contribution is 2.49. The minimum absolute atomic E-state index is 0.0162. The molecule has 1 atom stereocenters. The average Bonchev–Trinajstić information content (AvgIpc) is 3.32. The molecule has 172 valence electrons. The van der Waals surface area contributed by atoms with Gasteiger partial charge in [0.2, 0.25) is 17.7 Å². The van der Waals surface area contributed by atoms with Gasteiger partial charge in [-0.2, -0.15) is 0 Å².